The van der Waals surface area contributed by atoms with E-state index >= 15 is 0 Å². The zero-order valence-electron chi connectivity index (χ0n) is 11.4. The Morgan fingerprint density at radius 3 is 2.67 bits per heavy atom. The fraction of sp³-hybridized carbons (Fsp3) is 0.750. The van der Waals surface area contributed by atoms with Crippen molar-refractivity contribution in [2.45, 2.75) is 32.7 Å². The van der Waals surface area contributed by atoms with Crippen LogP contribution in [0.25, 0.3) is 0 Å². The minimum Gasteiger partial charge on any atom is -0.337 e. The van der Waals surface area contributed by atoms with Crippen LogP contribution in [-0.2, 0) is 16.9 Å². The first-order chi connectivity index (χ1) is 8.50. The molecule has 1 N–H and O–H groups in total. The van der Waals surface area contributed by atoms with Gasteiger partial charge in [-0.05, 0) is 19.4 Å². The highest BCUT2D eigenvalue weighted by Crippen LogP contribution is 2.16. The van der Waals surface area contributed by atoms with Crippen LogP contribution in [-0.4, -0.2) is 36.0 Å². The summed E-state index contributed by atoms with van der Waals surface area (Å²) in [7, 11) is -0.910. The van der Waals surface area contributed by atoms with Crippen LogP contribution in [0, 0.1) is 0 Å². The van der Waals surface area contributed by atoms with E-state index < -0.39 is 9.84 Å². The molecule has 0 aromatic carbocycles. The molecule has 1 aromatic heterocycles. The Balaban J connectivity index is 2.57. The summed E-state index contributed by atoms with van der Waals surface area (Å²) in [5.41, 5.74) is 0. The minimum absolute atomic E-state index is 0.127. The Kier molecular flexibility index (Phi) is 5.81. The number of imidazole rings is 1. The maximum atomic E-state index is 11.5. The highest BCUT2D eigenvalue weighted by molar-refractivity contribution is 7.91. The van der Waals surface area contributed by atoms with Crippen molar-refractivity contribution in [3.05, 3.63) is 18.2 Å². The Bertz CT molecular complexity index is 454. The van der Waals surface area contributed by atoms with Gasteiger partial charge >= 0.3 is 0 Å². The molecule has 18 heavy (non-hydrogen) atoms. The molecule has 1 heterocycles. The molecule has 104 valence electrons. The van der Waals surface area contributed by atoms with Crippen LogP contribution in [0.15, 0.2) is 12.4 Å². The SMILES string of the molecule is CCNC(CCCS(=O)(=O)CC)c1nccn1C. The van der Waals surface area contributed by atoms with E-state index in [1.807, 2.05) is 24.7 Å². The van der Waals surface area contributed by atoms with E-state index in [0.29, 0.717) is 6.42 Å². The smallest absolute Gasteiger partial charge is 0.150 e. The van der Waals surface area contributed by atoms with E-state index in [1.165, 1.54) is 0 Å². The summed E-state index contributed by atoms with van der Waals surface area (Å²) in [5, 5.41) is 3.35. The van der Waals surface area contributed by atoms with Crippen LogP contribution in [0.5, 0.6) is 0 Å². The summed E-state index contributed by atoms with van der Waals surface area (Å²) < 4.78 is 24.9. The molecule has 1 unspecified atom stereocenters. The van der Waals surface area contributed by atoms with Gasteiger partial charge in [-0.3, -0.25) is 0 Å². The van der Waals surface area contributed by atoms with Gasteiger partial charge < -0.3 is 9.88 Å². The third-order valence-corrected chi connectivity index (χ3v) is 4.80. The first kappa shape index (κ1) is 15.2. The summed E-state index contributed by atoms with van der Waals surface area (Å²) in [4.78, 5) is 4.32. The molecule has 0 aliphatic carbocycles. The summed E-state index contributed by atoms with van der Waals surface area (Å²) in [6.45, 7) is 4.58. The largest absolute Gasteiger partial charge is 0.337 e. The number of rotatable bonds is 8. The molecule has 0 radical (unpaired) electrons. The van der Waals surface area contributed by atoms with Gasteiger partial charge in [-0.25, -0.2) is 13.4 Å². The first-order valence-corrected chi connectivity index (χ1v) is 8.23. The molecular formula is C12H23N3O2S. The van der Waals surface area contributed by atoms with Gasteiger partial charge in [-0.15, -0.1) is 0 Å². The normalized spacial score (nSPS) is 13.7. The lowest BCUT2D eigenvalue weighted by atomic mass is 10.1. The predicted molar refractivity (Wildman–Crippen MR) is 73.2 cm³/mol. The topological polar surface area (TPSA) is 64.0 Å². The van der Waals surface area contributed by atoms with E-state index in [0.717, 1.165) is 18.8 Å². The molecule has 0 fully saturated rings. The van der Waals surface area contributed by atoms with Gasteiger partial charge in [0.25, 0.3) is 0 Å². The maximum Gasteiger partial charge on any atom is 0.150 e. The van der Waals surface area contributed by atoms with Gasteiger partial charge in [0.15, 0.2) is 0 Å². The maximum absolute atomic E-state index is 11.5. The molecule has 0 spiro atoms. The highest BCUT2D eigenvalue weighted by atomic mass is 32.2. The van der Waals surface area contributed by atoms with Crippen molar-refractivity contribution < 1.29 is 8.42 Å². The Morgan fingerprint density at radius 2 is 2.17 bits per heavy atom. The van der Waals surface area contributed by atoms with Gasteiger partial charge in [-0.2, -0.15) is 0 Å². The van der Waals surface area contributed by atoms with Crippen LogP contribution in [0.1, 0.15) is 38.6 Å². The first-order valence-electron chi connectivity index (χ1n) is 6.41. The van der Waals surface area contributed by atoms with Crippen molar-refractivity contribution in [1.29, 1.82) is 0 Å². The van der Waals surface area contributed by atoms with Gasteiger partial charge in [-0.1, -0.05) is 13.8 Å². The van der Waals surface area contributed by atoms with E-state index in [9.17, 15) is 8.42 Å². The molecular weight excluding hydrogens is 250 g/mol. The van der Waals surface area contributed by atoms with E-state index in [2.05, 4.69) is 10.3 Å². The van der Waals surface area contributed by atoms with Crippen molar-refractivity contribution in [2.24, 2.45) is 7.05 Å². The second kappa shape index (κ2) is 6.89. The van der Waals surface area contributed by atoms with Crippen LogP contribution >= 0.6 is 0 Å². The van der Waals surface area contributed by atoms with E-state index in [-0.39, 0.29) is 17.5 Å². The second-order valence-corrected chi connectivity index (χ2v) is 6.86. The van der Waals surface area contributed by atoms with Crippen LogP contribution < -0.4 is 5.32 Å². The summed E-state index contributed by atoms with van der Waals surface area (Å²) in [6, 6.07) is 0.127. The molecule has 0 bridgehead atoms. The molecule has 0 saturated heterocycles. The summed E-state index contributed by atoms with van der Waals surface area (Å²) in [5.74, 6) is 1.45. The van der Waals surface area contributed by atoms with Crippen LogP contribution in [0.3, 0.4) is 0 Å². The van der Waals surface area contributed by atoms with Crippen LogP contribution in [0.2, 0.25) is 0 Å². The molecule has 0 aliphatic rings. The van der Waals surface area contributed by atoms with Crippen molar-refractivity contribution >= 4 is 9.84 Å². The van der Waals surface area contributed by atoms with Crippen LogP contribution in [0.4, 0.5) is 0 Å². The lowest BCUT2D eigenvalue weighted by Gasteiger charge is -2.17. The van der Waals surface area contributed by atoms with E-state index in [4.69, 9.17) is 0 Å². The molecule has 6 heteroatoms. The zero-order chi connectivity index (χ0) is 13.6. The number of aryl methyl sites for hydroxylation is 1. The molecule has 1 aromatic rings. The standard InChI is InChI=1S/C12H23N3O2S/c1-4-13-11(12-14-8-9-15(12)3)7-6-10-18(16,17)5-2/h8-9,11,13H,4-7,10H2,1-3H3. The van der Waals surface area contributed by atoms with Crippen molar-refractivity contribution in [1.82, 2.24) is 14.9 Å². The molecule has 1 rings (SSSR count). The fourth-order valence-electron chi connectivity index (χ4n) is 1.93. The zero-order valence-corrected chi connectivity index (χ0v) is 12.2. The molecule has 1 atom stereocenters. The van der Waals surface area contributed by atoms with E-state index in [1.54, 1.807) is 13.1 Å². The highest BCUT2D eigenvalue weighted by Gasteiger charge is 2.16. The quantitative estimate of drug-likeness (QED) is 0.775. The predicted octanol–water partition coefficient (Wildman–Crippen LogP) is 1.29. The summed E-state index contributed by atoms with van der Waals surface area (Å²) in [6.07, 6.45) is 5.13. The van der Waals surface area contributed by atoms with Crippen molar-refractivity contribution in [2.75, 3.05) is 18.1 Å². The lowest BCUT2D eigenvalue weighted by Crippen LogP contribution is -2.24. The third kappa shape index (κ3) is 4.42. The fourth-order valence-corrected chi connectivity index (χ4v) is 2.83. The second-order valence-electron chi connectivity index (χ2n) is 4.39. The third-order valence-electron chi connectivity index (χ3n) is 3.01. The Hall–Kier alpha value is -0.880. The lowest BCUT2D eigenvalue weighted by molar-refractivity contribution is 0.472. The molecule has 0 aliphatic heterocycles. The Morgan fingerprint density at radius 1 is 1.44 bits per heavy atom. The van der Waals surface area contributed by atoms with Gasteiger partial charge in [0.05, 0.1) is 11.8 Å². The molecule has 5 nitrogen and oxygen atoms in total. The number of nitrogens with zero attached hydrogens (tertiary/aromatic N) is 2. The monoisotopic (exact) mass is 273 g/mol. The minimum atomic E-state index is -2.86. The molecule has 0 saturated carbocycles. The Labute approximate surface area is 110 Å². The number of sulfone groups is 1. The average molecular weight is 273 g/mol. The summed E-state index contributed by atoms with van der Waals surface area (Å²) >= 11 is 0. The number of hydrogen-bond acceptors (Lipinski definition) is 4. The van der Waals surface area contributed by atoms with Crippen molar-refractivity contribution in [3.8, 4) is 0 Å². The average Bonchev–Trinajstić information content (AvgIpc) is 2.74. The number of hydrogen-bond donors (Lipinski definition) is 1. The molecule has 0 amide bonds. The number of nitrogens with one attached hydrogen (secondary N) is 1. The van der Waals surface area contributed by atoms with Gasteiger partial charge in [0, 0.05) is 25.2 Å². The number of aromatic nitrogens is 2. The van der Waals surface area contributed by atoms with Crippen molar-refractivity contribution in [3.63, 3.8) is 0 Å². The van der Waals surface area contributed by atoms with Gasteiger partial charge in [0.1, 0.15) is 15.7 Å². The van der Waals surface area contributed by atoms with Gasteiger partial charge in [0.2, 0.25) is 0 Å².